The monoisotopic (exact) mass is 680 g/mol. The number of imidazole rings is 1. The van der Waals surface area contributed by atoms with Gasteiger partial charge in [-0.1, -0.05) is 60.7 Å². The van der Waals surface area contributed by atoms with Gasteiger partial charge >= 0.3 is 0 Å². The number of aliphatic hydroxyl groups excluding tert-OH is 2. The van der Waals surface area contributed by atoms with E-state index < -0.39 is 42.5 Å². The van der Waals surface area contributed by atoms with Gasteiger partial charge in [-0.2, -0.15) is 10.2 Å². The van der Waals surface area contributed by atoms with E-state index in [0.717, 1.165) is 22.3 Å². The van der Waals surface area contributed by atoms with Crippen LogP contribution in [0.2, 0.25) is 0 Å². The first-order chi connectivity index (χ1) is 24.4. The van der Waals surface area contributed by atoms with Crippen LogP contribution in [0.5, 0.6) is 5.75 Å². The van der Waals surface area contributed by atoms with Crippen LogP contribution in [0.25, 0.3) is 22.3 Å². The third-order valence-electron chi connectivity index (χ3n) is 9.30. The fourth-order valence-corrected chi connectivity index (χ4v) is 7.16. The Balaban J connectivity index is 1.44. The zero-order valence-electron chi connectivity index (χ0n) is 27.0. The lowest BCUT2D eigenvalue weighted by Gasteiger charge is -2.46. The van der Waals surface area contributed by atoms with Crippen LogP contribution in [-0.2, 0) is 31.1 Å². The molecule has 14 nitrogen and oxygen atoms in total. The zero-order valence-corrected chi connectivity index (χ0v) is 27.0. The molecule has 4 atom stereocenters. The van der Waals surface area contributed by atoms with Crippen LogP contribution >= 0.6 is 0 Å². The molecule has 1 fully saturated rings. The number of nitrogens with one attached hydrogen (secondary N) is 1. The average molecular weight is 681 g/mol. The molecular formula is C36H36N6O8. The van der Waals surface area contributed by atoms with Crippen LogP contribution < -0.4 is 16.0 Å². The molecule has 0 saturated carbocycles. The number of ether oxygens (including phenoxy) is 5. The molecule has 0 unspecified atom stereocenters. The van der Waals surface area contributed by atoms with Crippen LogP contribution in [0.4, 0.5) is 5.95 Å². The fraction of sp³-hybridized carbons (Fsp3) is 0.333. The number of fused-ring (bicyclic) bond motifs is 4. The van der Waals surface area contributed by atoms with Crippen LogP contribution in [0.1, 0.15) is 29.5 Å². The summed E-state index contributed by atoms with van der Waals surface area (Å²) in [6.07, 6.45) is -0.560. The molecule has 2 aromatic heterocycles. The van der Waals surface area contributed by atoms with Gasteiger partial charge in [0.05, 0.1) is 32.3 Å². The van der Waals surface area contributed by atoms with Gasteiger partial charge in [-0.15, -0.1) is 0 Å². The Kier molecular flexibility index (Phi) is 9.34. The van der Waals surface area contributed by atoms with Crippen molar-refractivity contribution in [2.24, 2.45) is 0 Å². The predicted molar refractivity (Wildman–Crippen MR) is 180 cm³/mol. The molecular weight excluding hydrogens is 644 g/mol. The zero-order chi connectivity index (χ0) is 34.7. The number of aromatic nitrogens is 4. The van der Waals surface area contributed by atoms with E-state index in [1.54, 1.807) is 4.57 Å². The van der Waals surface area contributed by atoms with Crippen molar-refractivity contribution in [1.29, 1.82) is 5.26 Å². The van der Waals surface area contributed by atoms with Crippen LogP contribution in [0.15, 0.2) is 83.9 Å². The molecule has 1 aliphatic heterocycles. The number of para-hydroxylation sites is 1. The van der Waals surface area contributed by atoms with Gasteiger partial charge in [-0.3, -0.25) is 14.3 Å². The molecule has 0 radical (unpaired) electrons. The summed E-state index contributed by atoms with van der Waals surface area (Å²) < 4.78 is 32.5. The summed E-state index contributed by atoms with van der Waals surface area (Å²) in [6, 6.07) is 25.0. The summed E-state index contributed by atoms with van der Waals surface area (Å²) in [5.74, 6) is 0.437. The highest BCUT2D eigenvalue weighted by Gasteiger charge is 2.69. The molecule has 3 aromatic carbocycles. The highest BCUT2D eigenvalue weighted by atomic mass is 16.7. The Labute approximate surface area is 286 Å². The van der Waals surface area contributed by atoms with Gasteiger partial charge in [-0.05, 0) is 40.8 Å². The third kappa shape index (κ3) is 5.59. The van der Waals surface area contributed by atoms with E-state index in [1.807, 2.05) is 72.8 Å². The first-order valence-corrected chi connectivity index (χ1v) is 16.2. The number of nitriles is 1. The lowest BCUT2D eigenvalue weighted by Crippen LogP contribution is -2.61. The van der Waals surface area contributed by atoms with E-state index in [-0.39, 0.29) is 50.0 Å². The normalized spacial score (nSPS) is 22.3. The van der Waals surface area contributed by atoms with Crippen molar-refractivity contribution in [3.63, 3.8) is 0 Å². The Bertz CT molecular complexity index is 2080. The molecule has 0 spiro atoms. The van der Waals surface area contributed by atoms with Crippen molar-refractivity contribution in [2.45, 2.75) is 42.8 Å². The van der Waals surface area contributed by atoms with Crippen molar-refractivity contribution >= 4 is 17.1 Å². The van der Waals surface area contributed by atoms with E-state index in [1.165, 1.54) is 6.33 Å². The summed E-state index contributed by atoms with van der Waals surface area (Å²) >= 11 is 0. The highest BCUT2D eigenvalue weighted by Crippen LogP contribution is 2.55. The smallest absolute Gasteiger partial charge is 0.280 e. The summed E-state index contributed by atoms with van der Waals surface area (Å²) in [5.41, 5.74) is 6.52. The number of aliphatic hydroxyl groups is 2. The van der Waals surface area contributed by atoms with Crippen LogP contribution in [0, 0.1) is 11.3 Å². The Morgan fingerprint density at radius 2 is 1.84 bits per heavy atom. The first kappa shape index (κ1) is 33.4. The first-order valence-electron chi connectivity index (χ1n) is 16.2. The molecule has 50 heavy (non-hydrogen) atoms. The molecule has 0 bridgehead atoms. The van der Waals surface area contributed by atoms with Crippen molar-refractivity contribution in [2.75, 3.05) is 39.1 Å². The Morgan fingerprint density at radius 3 is 2.66 bits per heavy atom. The maximum absolute atomic E-state index is 13.1. The summed E-state index contributed by atoms with van der Waals surface area (Å²) in [4.78, 5) is 24.5. The van der Waals surface area contributed by atoms with Crippen LogP contribution in [-0.4, -0.2) is 80.9 Å². The number of H-pyrrole nitrogens is 1. The average Bonchev–Trinajstić information content (AvgIpc) is 3.80. The van der Waals surface area contributed by atoms with Crippen LogP contribution in [0.3, 0.4) is 0 Å². The molecule has 14 heteroatoms. The molecule has 3 heterocycles. The molecule has 1 aliphatic carbocycles. The lowest BCUT2D eigenvalue weighted by atomic mass is 9.76. The number of anilines is 1. The van der Waals surface area contributed by atoms with E-state index in [9.17, 15) is 15.0 Å². The number of nitrogens with two attached hydrogens (primary N) is 1. The summed E-state index contributed by atoms with van der Waals surface area (Å²) in [5, 5.41) is 31.9. The molecule has 1 saturated heterocycles. The maximum atomic E-state index is 13.1. The number of hydrogen-bond acceptors (Lipinski definition) is 12. The van der Waals surface area contributed by atoms with Crippen molar-refractivity contribution < 1.29 is 33.9 Å². The Morgan fingerprint density at radius 1 is 1.04 bits per heavy atom. The van der Waals surface area contributed by atoms with Gasteiger partial charge in [-0.25, -0.2) is 4.98 Å². The molecule has 5 N–H and O–H groups in total. The Hall–Kier alpha value is -5.14. The van der Waals surface area contributed by atoms with Gasteiger partial charge in [0.1, 0.15) is 31.1 Å². The van der Waals surface area contributed by atoms with Gasteiger partial charge in [0.15, 0.2) is 23.6 Å². The molecule has 2 aliphatic rings. The molecule has 258 valence electrons. The summed E-state index contributed by atoms with van der Waals surface area (Å²) in [7, 11) is 0. The topological polar surface area (TPSA) is 200 Å². The van der Waals surface area contributed by atoms with E-state index in [2.05, 4.69) is 21.0 Å². The molecule has 0 amide bonds. The van der Waals surface area contributed by atoms with Crippen molar-refractivity contribution in [3.05, 3.63) is 106 Å². The van der Waals surface area contributed by atoms with Crippen molar-refractivity contribution in [3.8, 4) is 22.9 Å². The standard InChI is InChI=1S/C36H36N6O8/c37-15-7-16-46-21-47-22-49-35(14-17-48-24-9-2-1-3-10-24)31(44)29(19-43)50-36(35,42-20-39-30-32(42)40-34(38)41-33(30)45)28-13-6-12-26-25-11-5-4-8-23(25)18-27(26)28/h1-6,8-13,20,29,31,43-44H,7,14,16-19,21-22H2,(H3,38,40,41,45)/t29-,31-,35-,36-/m1/s1. The van der Waals surface area contributed by atoms with Gasteiger partial charge in [0.2, 0.25) is 11.7 Å². The van der Waals surface area contributed by atoms with E-state index >= 15 is 0 Å². The quantitative estimate of drug-likeness (QED) is 0.0970. The predicted octanol–water partition coefficient (Wildman–Crippen LogP) is 2.81. The SMILES string of the molecule is N#CCCOCOCO[C@]1(CCOc2ccccc2)[C@H](O)[C@@H](CO)O[C@@]1(c1cccc2c1Cc1ccccc1-2)n1cnc2c(=O)[nH]c(N)nc21. The minimum Gasteiger partial charge on any atom is -0.493 e. The van der Waals surface area contributed by atoms with Gasteiger partial charge in [0.25, 0.3) is 5.56 Å². The fourth-order valence-electron chi connectivity index (χ4n) is 7.16. The van der Waals surface area contributed by atoms with Gasteiger partial charge < -0.3 is 39.6 Å². The van der Waals surface area contributed by atoms with Crippen molar-refractivity contribution in [1.82, 2.24) is 19.5 Å². The molecule has 5 aromatic rings. The molecule has 7 rings (SSSR count). The number of benzene rings is 3. The minimum atomic E-state index is -1.83. The maximum Gasteiger partial charge on any atom is 0.280 e. The number of aromatic amines is 1. The van der Waals surface area contributed by atoms with Gasteiger partial charge in [0, 0.05) is 12.0 Å². The third-order valence-corrected chi connectivity index (χ3v) is 9.30. The number of hydrogen-bond donors (Lipinski definition) is 4. The second-order valence-corrected chi connectivity index (χ2v) is 12.0. The summed E-state index contributed by atoms with van der Waals surface area (Å²) in [6.45, 7) is -0.974. The van der Waals surface area contributed by atoms with E-state index in [0.29, 0.717) is 17.7 Å². The number of nitrogens with zero attached hydrogens (tertiary/aromatic N) is 4. The lowest BCUT2D eigenvalue weighted by molar-refractivity contribution is -0.251. The largest absolute Gasteiger partial charge is 0.493 e. The second-order valence-electron chi connectivity index (χ2n) is 12.0. The second kappa shape index (κ2) is 14.0. The number of nitrogen functional groups attached to an aromatic ring is 1. The minimum absolute atomic E-state index is 0.00677. The number of rotatable bonds is 14. The van der Waals surface area contributed by atoms with E-state index in [4.69, 9.17) is 34.7 Å². The highest BCUT2D eigenvalue weighted by molar-refractivity contribution is 5.79.